The fraction of sp³-hybridized carbons (Fsp3) is 0.333. The molecule has 21 heavy (non-hydrogen) atoms. The summed E-state index contributed by atoms with van der Waals surface area (Å²) in [6.45, 7) is 3.50. The lowest BCUT2D eigenvalue weighted by Gasteiger charge is -2.08. The van der Waals surface area contributed by atoms with E-state index in [0.717, 1.165) is 17.1 Å². The summed E-state index contributed by atoms with van der Waals surface area (Å²) in [5.41, 5.74) is 2.02. The Bertz CT molecular complexity index is 620. The first-order valence-electron chi connectivity index (χ1n) is 6.68. The van der Waals surface area contributed by atoms with Crippen LogP contribution in [0.5, 0.6) is 5.75 Å². The Hall–Kier alpha value is -2.34. The molecule has 0 saturated carbocycles. The highest BCUT2D eigenvalue weighted by Gasteiger charge is 2.15. The number of benzene rings is 1. The number of rotatable bonds is 5. The molecule has 1 atom stereocenters. The molecule has 1 aromatic heterocycles. The van der Waals surface area contributed by atoms with Crippen LogP contribution in [0.2, 0.25) is 0 Å². The van der Waals surface area contributed by atoms with E-state index in [1.165, 1.54) is 0 Å². The lowest BCUT2D eigenvalue weighted by Crippen LogP contribution is -2.35. The highest BCUT2D eigenvalue weighted by atomic mass is 16.5. The molecular formula is C15H19N3O3. The van der Waals surface area contributed by atoms with Crippen LogP contribution in [-0.2, 0) is 0 Å². The van der Waals surface area contributed by atoms with Crippen LogP contribution in [0.1, 0.15) is 23.1 Å². The minimum absolute atomic E-state index is 0.107. The molecule has 0 fully saturated rings. The molecule has 0 spiro atoms. The molecule has 0 saturated heterocycles. The van der Waals surface area contributed by atoms with Crippen molar-refractivity contribution in [1.29, 1.82) is 0 Å². The number of aliphatic hydroxyl groups excluding tert-OH is 1. The van der Waals surface area contributed by atoms with Gasteiger partial charge in [-0.1, -0.05) is 0 Å². The SMILES string of the molecule is COc1ccc(-n2nc(C(=O)NC(C)CO)cc2C)cc1. The maximum Gasteiger partial charge on any atom is 0.272 e. The third-order valence-electron chi connectivity index (χ3n) is 3.09. The van der Waals surface area contributed by atoms with Crippen molar-refractivity contribution in [2.24, 2.45) is 0 Å². The van der Waals surface area contributed by atoms with Gasteiger partial charge in [0.25, 0.3) is 5.91 Å². The Balaban J connectivity index is 2.24. The van der Waals surface area contributed by atoms with Crippen LogP contribution in [0, 0.1) is 6.92 Å². The molecule has 2 aromatic rings. The molecule has 6 heteroatoms. The number of methoxy groups -OCH3 is 1. The number of aromatic nitrogens is 2. The topological polar surface area (TPSA) is 76.4 Å². The Morgan fingerprint density at radius 1 is 1.43 bits per heavy atom. The minimum Gasteiger partial charge on any atom is -0.497 e. The second kappa shape index (κ2) is 6.41. The zero-order chi connectivity index (χ0) is 15.4. The molecule has 0 bridgehead atoms. The van der Waals surface area contributed by atoms with Crippen molar-refractivity contribution in [1.82, 2.24) is 15.1 Å². The van der Waals surface area contributed by atoms with Gasteiger partial charge in [-0.05, 0) is 44.2 Å². The van der Waals surface area contributed by atoms with E-state index in [1.807, 2.05) is 31.2 Å². The Labute approximate surface area is 123 Å². The lowest BCUT2D eigenvalue weighted by molar-refractivity contribution is 0.0917. The molecule has 0 aliphatic heterocycles. The van der Waals surface area contributed by atoms with Crippen molar-refractivity contribution in [3.63, 3.8) is 0 Å². The Morgan fingerprint density at radius 2 is 2.10 bits per heavy atom. The summed E-state index contributed by atoms with van der Waals surface area (Å²) in [5, 5.41) is 15.9. The summed E-state index contributed by atoms with van der Waals surface area (Å²) >= 11 is 0. The molecule has 1 amide bonds. The number of carbonyl (C=O) groups excluding carboxylic acids is 1. The molecule has 112 valence electrons. The smallest absolute Gasteiger partial charge is 0.272 e. The van der Waals surface area contributed by atoms with Gasteiger partial charge in [-0.3, -0.25) is 4.79 Å². The third-order valence-corrected chi connectivity index (χ3v) is 3.09. The number of hydrogen-bond acceptors (Lipinski definition) is 4. The van der Waals surface area contributed by atoms with Crippen molar-refractivity contribution >= 4 is 5.91 Å². The molecule has 0 aliphatic carbocycles. The van der Waals surface area contributed by atoms with Gasteiger partial charge >= 0.3 is 0 Å². The molecule has 2 rings (SSSR count). The average molecular weight is 289 g/mol. The van der Waals surface area contributed by atoms with Crippen molar-refractivity contribution in [2.45, 2.75) is 19.9 Å². The number of aryl methyl sites for hydroxylation is 1. The van der Waals surface area contributed by atoms with E-state index >= 15 is 0 Å². The van der Waals surface area contributed by atoms with Crippen LogP contribution in [0.15, 0.2) is 30.3 Å². The monoisotopic (exact) mass is 289 g/mol. The van der Waals surface area contributed by atoms with Gasteiger partial charge in [-0.2, -0.15) is 5.10 Å². The van der Waals surface area contributed by atoms with E-state index < -0.39 is 0 Å². The number of nitrogens with one attached hydrogen (secondary N) is 1. The number of carbonyl (C=O) groups is 1. The van der Waals surface area contributed by atoms with Crippen LogP contribution in [0.25, 0.3) is 5.69 Å². The zero-order valence-corrected chi connectivity index (χ0v) is 12.3. The van der Waals surface area contributed by atoms with E-state index in [9.17, 15) is 4.79 Å². The maximum atomic E-state index is 12.0. The summed E-state index contributed by atoms with van der Waals surface area (Å²) < 4.78 is 6.81. The number of ether oxygens (including phenoxy) is 1. The van der Waals surface area contributed by atoms with Gasteiger partial charge in [0.05, 0.1) is 19.4 Å². The van der Waals surface area contributed by atoms with Gasteiger partial charge < -0.3 is 15.2 Å². The van der Waals surface area contributed by atoms with E-state index in [4.69, 9.17) is 9.84 Å². The second-order valence-corrected chi connectivity index (χ2v) is 4.84. The first-order valence-corrected chi connectivity index (χ1v) is 6.68. The van der Waals surface area contributed by atoms with Crippen molar-refractivity contribution < 1.29 is 14.6 Å². The summed E-state index contributed by atoms with van der Waals surface area (Å²) in [4.78, 5) is 12.0. The molecule has 6 nitrogen and oxygen atoms in total. The summed E-state index contributed by atoms with van der Waals surface area (Å²) in [6, 6.07) is 8.83. The molecule has 1 heterocycles. The number of hydrogen-bond donors (Lipinski definition) is 2. The molecule has 1 aromatic carbocycles. The Kier molecular flexibility index (Phi) is 4.59. The molecule has 0 aliphatic rings. The minimum atomic E-state index is -0.302. The van der Waals surface area contributed by atoms with Crippen molar-refractivity contribution in [3.05, 3.63) is 41.7 Å². The van der Waals surface area contributed by atoms with Gasteiger partial charge in [-0.25, -0.2) is 4.68 Å². The second-order valence-electron chi connectivity index (χ2n) is 4.84. The van der Waals surface area contributed by atoms with Crippen molar-refractivity contribution in [3.8, 4) is 11.4 Å². The zero-order valence-electron chi connectivity index (χ0n) is 12.3. The highest BCUT2D eigenvalue weighted by molar-refractivity contribution is 5.92. The highest BCUT2D eigenvalue weighted by Crippen LogP contribution is 2.16. The molecule has 1 unspecified atom stereocenters. The van der Waals surface area contributed by atoms with Crippen LogP contribution >= 0.6 is 0 Å². The predicted molar refractivity (Wildman–Crippen MR) is 78.9 cm³/mol. The summed E-state index contributed by atoms with van der Waals surface area (Å²) in [6.07, 6.45) is 0. The standard InChI is InChI=1S/C15H19N3O3/c1-10(9-19)16-15(20)14-8-11(2)18(17-14)12-4-6-13(21-3)7-5-12/h4-8,10,19H,9H2,1-3H3,(H,16,20). The van der Waals surface area contributed by atoms with Gasteiger partial charge in [0.1, 0.15) is 5.75 Å². The number of nitrogens with zero attached hydrogens (tertiary/aromatic N) is 2. The fourth-order valence-electron chi connectivity index (χ4n) is 1.91. The van der Waals surface area contributed by atoms with Crippen LogP contribution < -0.4 is 10.1 Å². The van der Waals surface area contributed by atoms with Gasteiger partial charge in [0, 0.05) is 11.7 Å². The largest absolute Gasteiger partial charge is 0.497 e. The molecule has 2 N–H and O–H groups in total. The third kappa shape index (κ3) is 3.41. The van der Waals surface area contributed by atoms with E-state index in [2.05, 4.69) is 10.4 Å². The van der Waals surface area contributed by atoms with E-state index in [-0.39, 0.29) is 18.6 Å². The first kappa shape index (κ1) is 15.1. The first-order chi connectivity index (χ1) is 10.0. The number of amides is 1. The van der Waals surface area contributed by atoms with Gasteiger partial charge in [0.2, 0.25) is 0 Å². The Morgan fingerprint density at radius 3 is 2.67 bits per heavy atom. The summed E-state index contributed by atoms with van der Waals surface area (Å²) in [7, 11) is 1.61. The molecule has 0 radical (unpaired) electrons. The van der Waals surface area contributed by atoms with E-state index in [1.54, 1.807) is 24.8 Å². The molecular weight excluding hydrogens is 270 g/mol. The van der Waals surface area contributed by atoms with Gasteiger partial charge in [-0.15, -0.1) is 0 Å². The quantitative estimate of drug-likeness (QED) is 0.870. The van der Waals surface area contributed by atoms with Gasteiger partial charge in [0.15, 0.2) is 5.69 Å². The van der Waals surface area contributed by atoms with Crippen molar-refractivity contribution in [2.75, 3.05) is 13.7 Å². The van der Waals surface area contributed by atoms with Crippen LogP contribution in [-0.4, -0.2) is 40.6 Å². The number of aliphatic hydroxyl groups is 1. The normalized spacial score (nSPS) is 12.0. The average Bonchev–Trinajstić information content (AvgIpc) is 2.89. The van der Waals surface area contributed by atoms with E-state index in [0.29, 0.717) is 5.69 Å². The van der Waals surface area contributed by atoms with Crippen LogP contribution in [0.4, 0.5) is 0 Å². The lowest BCUT2D eigenvalue weighted by atomic mass is 10.3. The van der Waals surface area contributed by atoms with Crippen LogP contribution in [0.3, 0.4) is 0 Å². The fourth-order valence-corrected chi connectivity index (χ4v) is 1.91. The summed E-state index contributed by atoms with van der Waals surface area (Å²) in [5.74, 6) is 0.463. The maximum absolute atomic E-state index is 12.0. The predicted octanol–water partition coefficient (Wildman–Crippen LogP) is 1.30.